The van der Waals surface area contributed by atoms with Crippen LogP contribution in [0.25, 0.3) is 10.8 Å². The van der Waals surface area contributed by atoms with Gasteiger partial charge in [-0.05, 0) is 60.0 Å². The van der Waals surface area contributed by atoms with E-state index in [0.29, 0.717) is 44.1 Å². The summed E-state index contributed by atoms with van der Waals surface area (Å²) in [5.74, 6) is 0.502. The maximum Gasteiger partial charge on any atom is 0.243 e. The van der Waals surface area contributed by atoms with Crippen LogP contribution in [-0.2, 0) is 14.8 Å². The molecule has 0 radical (unpaired) electrons. The summed E-state index contributed by atoms with van der Waals surface area (Å²) in [7, 11) is -3.57. The average molecular weight is 473 g/mol. The summed E-state index contributed by atoms with van der Waals surface area (Å²) in [5, 5.41) is 5.65. The Kier molecular flexibility index (Phi) is 6.98. The number of rotatable bonds is 7. The van der Waals surface area contributed by atoms with E-state index in [1.54, 1.807) is 12.1 Å². The Bertz CT molecular complexity index is 1190. The molecule has 168 valence electrons. The Morgan fingerprint density at radius 2 is 1.69 bits per heavy atom. The standard InChI is InChI=1S/C24H25ClN2O4S/c25-21-6-9-23(10-7-21)32(29,30)27-14-11-19(12-15-27)24(28)26-13-16-31-22-8-5-18-3-1-2-4-20(18)17-22/h1-10,17,19H,11-16H2,(H,26,28). The van der Waals surface area contributed by atoms with E-state index in [0.717, 1.165) is 16.5 Å². The first-order valence-corrected chi connectivity index (χ1v) is 12.4. The fourth-order valence-electron chi connectivity index (χ4n) is 3.86. The summed E-state index contributed by atoms with van der Waals surface area (Å²) in [4.78, 5) is 12.7. The summed E-state index contributed by atoms with van der Waals surface area (Å²) in [6.07, 6.45) is 0.981. The maximum absolute atomic E-state index is 12.8. The van der Waals surface area contributed by atoms with Crippen molar-refractivity contribution in [1.29, 1.82) is 0 Å². The minimum Gasteiger partial charge on any atom is -0.492 e. The Balaban J connectivity index is 1.22. The molecule has 0 aromatic heterocycles. The van der Waals surface area contributed by atoms with Gasteiger partial charge in [-0.25, -0.2) is 8.42 Å². The zero-order chi connectivity index (χ0) is 22.6. The average Bonchev–Trinajstić information content (AvgIpc) is 2.82. The van der Waals surface area contributed by atoms with Crippen molar-refractivity contribution in [3.8, 4) is 5.75 Å². The summed E-state index contributed by atoms with van der Waals surface area (Å²) in [6.45, 7) is 1.40. The van der Waals surface area contributed by atoms with E-state index in [2.05, 4.69) is 5.32 Å². The molecule has 1 saturated heterocycles. The van der Waals surface area contributed by atoms with Gasteiger partial charge in [0, 0.05) is 24.0 Å². The van der Waals surface area contributed by atoms with Crippen molar-refractivity contribution in [2.24, 2.45) is 5.92 Å². The van der Waals surface area contributed by atoms with Gasteiger partial charge in [0.1, 0.15) is 12.4 Å². The molecule has 1 heterocycles. The number of nitrogens with one attached hydrogen (secondary N) is 1. The van der Waals surface area contributed by atoms with Crippen LogP contribution in [0, 0.1) is 5.92 Å². The van der Waals surface area contributed by atoms with Crippen LogP contribution in [-0.4, -0.2) is 44.9 Å². The van der Waals surface area contributed by atoms with Crippen LogP contribution < -0.4 is 10.1 Å². The third kappa shape index (κ3) is 5.23. The molecule has 0 spiro atoms. The predicted molar refractivity (Wildman–Crippen MR) is 125 cm³/mol. The molecule has 1 aliphatic rings. The van der Waals surface area contributed by atoms with Crippen molar-refractivity contribution < 1.29 is 17.9 Å². The molecule has 0 saturated carbocycles. The number of carbonyl (C=O) groups excluding carboxylic acids is 1. The van der Waals surface area contributed by atoms with Gasteiger partial charge in [-0.3, -0.25) is 4.79 Å². The molecule has 6 nitrogen and oxygen atoms in total. The smallest absolute Gasteiger partial charge is 0.243 e. The molecule has 3 aromatic carbocycles. The Labute approximate surface area is 193 Å². The number of amides is 1. The van der Waals surface area contributed by atoms with Crippen molar-refractivity contribution in [3.05, 3.63) is 71.8 Å². The highest BCUT2D eigenvalue weighted by molar-refractivity contribution is 7.89. The lowest BCUT2D eigenvalue weighted by Crippen LogP contribution is -2.43. The molecule has 1 N–H and O–H groups in total. The van der Waals surface area contributed by atoms with E-state index < -0.39 is 10.0 Å². The second-order valence-corrected chi connectivity index (χ2v) is 10.2. The van der Waals surface area contributed by atoms with Crippen LogP contribution in [0.4, 0.5) is 0 Å². The molecule has 3 aromatic rings. The van der Waals surface area contributed by atoms with Crippen LogP contribution in [0.1, 0.15) is 12.8 Å². The van der Waals surface area contributed by atoms with Crippen LogP contribution in [0.15, 0.2) is 71.6 Å². The number of benzene rings is 3. The highest BCUT2D eigenvalue weighted by atomic mass is 35.5. The Morgan fingerprint density at radius 3 is 2.41 bits per heavy atom. The van der Waals surface area contributed by atoms with Gasteiger partial charge in [0.2, 0.25) is 15.9 Å². The highest BCUT2D eigenvalue weighted by Crippen LogP contribution is 2.25. The second kappa shape index (κ2) is 9.90. The number of hydrogen-bond donors (Lipinski definition) is 1. The first kappa shape index (κ1) is 22.6. The van der Waals surface area contributed by atoms with Gasteiger partial charge in [0.25, 0.3) is 0 Å². The molecule has 0 unspecified atom stereocenters. The van der Waals surface area contributed by atoms with Crippen LogP contribution >= 0.6 is 11.6 Å². The molecule has 4 rings (SSSR count). The van der Waals surface area contributed by atoms with Crippen LogP contribution in [0.3, 0.4) is 0 Å². The number of hydrogen-bond acceptors (Lipinski definition) is 4. The molecule has 0 bridgehead atoms. The molecular weight excluding hydrogens is 448 g/mol. The van der Waals surface area contributed by atoms with Crippen molar-refractivity contribution in [1.82, 2.24) is 9.62 Å². The van der Waals surface area contributed by atoms with E-state index in [1.807, 2.05) is 42.5 Å². The topological polar surface area (TPSA) is 75.7 Å². The van der Waals surface area contributed by atoms with E-state index in [4.69, 9.17) is 16.3 Å². The Morgan fingerprint density at radius 1 is 1.00 bits per heavy atom. The number of carbonyl (C=O) groups is 1. The first-order valence-electron chi connectivity index (χ1n) is 10.6. The first-order chi connectivity index (χ1) is 15.4. The minimum atomic E-state index is -3.57. The van der Waals surface area contributed by atoms with Gasteiger partial charge < -0.3 is 10.1 Å². The lowest BCUT2D eigenvalue weighted by Gasteiger charge is -2.30. The third-order valence-electron chi connectivity index (χ3n) is 5.67. The predicted octanol–water partition coefficient (Wildman–Crippen LogP) is 4.09. The minimum absolute atomic E-state index is 0.0596. The fraction of sp³-hybridized carbons (Fsp3) is 0.292. The van der Waals surface area contributed by atoms with Crippen molar-refractivity contribution >= 4 is 38.3 Å². The number of sulfonamides is 1. The summed E-state index contributed by atoms with van der Waals surface area (Å²) >= 11 is 5.85. The van der Waals surface area contributed by atoms with Gasteiger partial charge >= 0.3 is 0 Å². The van der Waals surface area contributed by atoms with Gasteiger partial charge in [-0.1, -0.05) is 41.9 Å². The largest absolute Gasteiger partial charge is 0.492 e. The molecule has 32 heavy (non-hydrogen) atoms. The van der Waals surface area contributed by atoms with E-state index in [1.165, 1.54) is 16.4 Å². The lowest BCUT2D eigenvalue weighted by atomic mass is 9.97. The Hall–Kier alpha value is -2.61. The van der Waals surface area contributed by atoms with E-state index >= 15 is 0 Å². The van der Waals surface area contributed by atoms with Gasteiger partial charge in [0.05, 0.1) is 11.4 Å². The van der Waals surface area contributed by atoms with Crippen LogP contribution in [0.5, 0.6) is 5.75 Å². The molecule has 1 aliphatic heterocycles. The van der Waals surface area contributed by atoms with Crippen molar-refractivity contribution in [2.75, 3.05) is 26.2 Å². The second-order valence-electron chi connectivity index (χ2n) is 7.78. The van der Waals surface area contributed by atoms with Crippen molar-refractivity contribution in [2.45, 2.75) is 17.7 Å². The third-order valence-corrected chi connectivity index (χ3v) is 7.83. The van der Waals surface area contributed by atoms with Gasteiger partial charge in [-0.15, -0.1) is 0 Å². The summed E-state index contributed by atoms with van der Waals surface area (Å²) in [6, 6.07) is 20.1. The number of halogens is 1. The van der Waals surface area contributed by atoms with E-state index in [-0.39, 0.29) is 16.7 Å². The number of piperidine rings is 1. The summed E-state index contributed by atoms with van der Waals surface area (Å²) < 4.78 is 32.7. The molecule has 1 amide bonds. The van der Waals surface area contributed by atoms with E-state index in [9.17, 15) is 13.2 Å². The number of nitrogens with zero attached hydrogens (tertiary/aromatic N) is 1. The molecule has 0 atom stereocenters. The maximum atomic E-state index is 12.8. The summed E-state index contributed by atoms with van der Waals surface area (Å²) in [5.41, 5.74) is 0. The highest BCUT2D eigenvalue weighted by Gasteiger charge is 2.31. The molecule has 0 aliphatic carbocycles. The van der Waals surface area contributed by atoms with Gasteiger partial charge in [-0.2, -0.15) is 4.31 Å². The van der Waals surface area contributed by atoms with Crippen LogP contribution in [0.2, 0.25) is 5.02 Å². The zero-order valence-electron chi connectivity index (χ0n) is 17.5. The molecule has 1 fully saturated rings. The number of ether oxygens (including phenoxy) is 1. The zero-order valence-corrected chi connectivity index (χ0v) is 19.1. The monoisotopic (exact) mass is 472 g/mol. The van der Waals surface area contributed by atoms with Gasteiger partial charge in [0.15, 0.2) is 0 Å². The molecular formula is C24H25ClN2O4S. The SMILES string of the molecule is O=C(NCCOc1ccc2ccccc2c1)C1CCN(S(=O)(=O)c2ccc(Cl)cc2)CC1. The van der Waals surface area contributed by atoms with Crippen molar-refractivity contribution in [3.63, 3.8) is 0 Å². The normalized spacial score (nSPS) is 15.5. The molecule has 8 heteroatoms. The quantitative estimate of drug-likeness (QED) is 0.525. The lowest BCUT2D eigenvalue weighted by molar-refractivity contribution is -0.126. The fourth-order valence-corrected chi connectivity index (χ4v) is 5.45. The number of fused-ring (bicyclic) bond motifs is 1.